The van der Waals surface area contributed by atoms with Gasteiger partial charge in [-0.3, -0.25) is 0 Å². The molecule has 1 heterocycles. The molecule has 5 heteroatoms. The van der Waals surface area contributed by atoms with Gasteiger partial charge in [0.2, 0.25) is 0 Å². The van der Waals surface area contributed by atoms with Gasteiger partial charge in [-0.05, 0) is 18.4 Å². The van der Waals surface area contributed by atoms with E-state index < -0.39 is 6.10 Å². The number of rotatable bonds is 4. The Morgan fingerprint density at radius 2 is 2.05 bits per heavy atom. The van der Waals surface area contributed by atoms with Crippen molar-refractivity contribution in [2.24, 2.45) is 5.73 Å². The molecular weight excluding hydrogens is 242 g/mol. The average Bonchev–Trinajstić information content (AvgIpc) is 2.88. The number of aliphatic hydroxyl groups excluding tert-OH is 1. The molecule has 3 rings (SSSR count). The van der Waals surface area contributed by atoms with Crippen molar-refractivity contribution in [2.75, 3.05) is 6.54 Å². The van der Waals surface area contributed by atoms with E-state index in [1.807, 2.05) is 18.2 Å². The molecule has 0 spiro atoms. The summed E-state index contributed by atoms with van der Waals surface area (Å²) in [7, 11) is 0. The van der Waals surface area contributed by atoms with Gasteiger partial charge >= 0.3 is 0 Å². The fourth-order valence-corrected chi connectivity index (χ4v) is 2.59. The van der Waals surface area contributed by atoms with Gasteiger partial charge in [0.1, 0.15) is 6.10 Å². The molecule has 0 bridgehead atoms. The standard InChI is InChI=1S/C14H17N3O2/c15-9-11(18)12-16-13(17-19-12)14(7-4-8-14)10-5-2-1-3-6-10/h1-3,5-6,11,18H,4,7-9,15H2. The van der Waals surface area contributed by atoms with E-state index in [9.17, 15) is 5.11 Å². The van der Waals surface area contributed by atoms with Crippen LogP contribution in [0.2, 0.25) is 0 Å². The van der Waals surface area contributed by atoms with E-state index in [2.05, 4.69) is 22.3 Å². The molecule has 1 fully saturated rings. The molecule has 1 aromatic carbocycles. The van der Waals surface area contributed by atoms with Crippen LogP contribution in [0.5, 0.6) is 0 Å². The number of hydrogen-bond acceptors (Lipinski definition) is 5. The van der Waals surface area contributed by atoms with Crippen LogP contribution in [0.4, 0.5) is 0 Å². The molecule has 19 heavy (non-hydrogen) atoms. The highest BCUT2D eigenvalue weighted by Gasteiger charge is 2.44. The van der Waals surface area contributed by atoms with Crippen molar-refractivity contribution in [3.8, 4) is 0 Å². The lowest BCUT2D eigenvalue weighted by Crippen LogP contribution is -2.36. The molecule has 0 radical (unpaired) electrons. The Labute approximate surface area is 111 Å². The predicted octanol–water partition coefficient (Wildman–Crippen LogP) is 1.53. The van der Waals surface area contributed by atoms with Crippen LogP contribution >= 0.6 is 0 Å². The summed E-state index contributed by atoms with van der Waals surface area (Å²) in [5.74, 6) is 0.868. The van der Waals surface area contributed by atoms with E-state index in [1.54, 1.807) is 0 Å². The van der Waals surface area contributed by atoms with Gasteiger partial charge in [-0.2, -0.15) is 4.98 Å². The first-order valence-corrected chi connectivity index (χ1v) is 6.54. The van der Waals surface area contributed by atoms with Crippen molar-refractivity contribution in [1.82, 2.24) is 10.1 Å². The lowest BCUT2D eigenvalue weighted by atomic mass is 9.64. The van der Waals surface area contributed by atoms with Gasteiger partial charge < -0.3 is 15.4 Å². The van der Waals surface area contributed by atoms with Crippen LogP contribution in [0.25, 0.3) is 0 Å². The van der Waals surface area contributed by atoms with Crippen LogP contribution < -0.4 is 5.73 Å². The minimum Gasteiger partial charge on any atom is -0.382 e. The first-order valence-electron chi connectivity index (χ1n) is 6.54. The Bertz CT molecular complexity index is 549. The molecule has 3 N–H and O–H groups in total. The topological polar surface area (TPSA) is 85.2 Å². The second-order valence-electron chi connectivity index (χ2n) is 5.01. The third-order valence-electron chi connectivity index (χ3n) is 3.91. The lowest BCUT2D eigenvalue weighted by Gasteiger charge is -2.39. The van der Waals surface area contributed by atoms with Crippen molar-refractivity contribution in [3.05, 3.63) is 47.6 Å². The second kappa shape index (κ2) is 4.75. The summed E-state index contributed by atoms with van der Waals surface area (Å²) in [5, 5.41) is 13.7. The monoisotopic (exact) mass is 259 g/mol. The van der Waals surface area contributed by atoms with Gasteiger partial charge in [0.05, 0.1) is 5.41 Å². The quantitative estimate of drug-likeness (QED) is 0.869. The molecule has 1 aliphatic carbocycles. The van der Waals surface area contributed by atoms with Crippen LogP contribution in [0.15, 0.2) is 34.9 Å². The summed E-state index contributed by atoms with van der Waals surface area (Å²) in [6, 6.07) is 10.2. The zero-order valence-corrected chi connectivity index (χ0v) is 10.6. The van der Waals surface area contributed by atoms with Crippen LogP contribution in [-0.2, 0) is 5.41 Å². The Morgan fingerprint density at radius 3 is 2.63 bits per heavy atom. The lowest BCUT2D eigenvalue weighted by molar-refractivity contribution is 0.141. The van der Waals surface area contributed by atoms with Crippen molar-refractivity contribution >= 4 is 0 Å². The Kier molecular flexibility index (Phi) is 3.08. The molecule has 1 atom stereocenters. The molecule has 100 valence electrons. The zero-order valence-electron chi connectivity index (χ0n) is 10.6. The molecule has 0 saturated heterocycles. The molecule has 0 amide bonds. The Balaban J connectivity index is 1.97. The maximum atomic E-state index is 9.65. The fourth-order valence-electron chi connectivity index (χ4n) is 2.59. The van der Waals surface area contributed by atoms with E-state index in [-0.39, 0.29) is 17.9 Å². The molecule has 1 saturated carbocycles. The molecule has 1 unspecified atom stereocenters. The summed E-state index contributed by atoms with van der Waals surface area (Å²) in [6.45, 7) is 0.0833. The number of nitrogens with zero attached hydrogens (tertiary/aromatic N) is 2. The van der Waals surface area contributed by atoms with Crippen LogP contribution in [-0.4, -0.2) is 21.8 Å². The SMILES string of the molecule is NCC(O)c1nc(C2(c3ccccc3)CCC2)no1. The molecule has 1 aromatic heterocycles. The summed E-state index contributed by atoms with van der Waals surface area (Å²) < 4.78 is 5.13. The van der Waals surface area contributed by atoms with E-state index >= 15 is 0 Å². The van der Waals surface area contributed by atoms with Gasteiger partial charge in [0.15, 0.2) is 5.82 Å². The minimum absolute atomic E-state index is 0.0833. The van der Waals surface area contributed by atoms with Crippen molar-refractivity contribution < 1.29 is 9.63 Å². The van der Waals surface area contributed by atoms with Gasteiger partial charge in [-0.25, -0.2) is 0 Å². The maximum absolute atomic E-state index is 9.65. The first-order chi connectivity index (χ1) is 9.26. The number of aliphatic hydroxyl groups is 1. The van der Waals surface area contributed by atoms with E-state index in [0.717, 1.165) is 19.3 Å². The summed E-state index contributed by atoms with van der Waals surface area (Å²) >= 11 is 0. The maximum Gasteiger partial charge on any atom is 0.256 e. The number of hydrogen-bond donors (Lipinski definition) is 2. The fraction of sp³-hybridized carbons (Fsp3) is 0.429. The first kappa shape index (κ1) is 12.3. The van der Waals surface area contributed by atoms with Crippen LogP contribution in [0, 0.1) is 0 Å². The van der Waals surface area contributed by atoms with Crippen molar-refractivity contribution in [1.29, 1.82) is 0 Å². The minimum atomic E-state index is -0.880. The smallest absolute Gasteiger partial charge is 0.256 e. The molecular formula is C14H17N3O2. The van der Waals surface area contributed by atoms with Gasteiger partial charge in [-0.15, -0.1) is 0 Å². The van der Waals surface area contributed by atoms with Crippen LogP contribution in [0.1, 0.15) is 42.6 Å². The normalized spacial score (nSPS) is 18.8. The third kappa shape index (κ3) is 1.95. The van der Waals surface area contributed by atoms with E-state index in [1.165, 1.54) is 5.56 Å². The predicted molar refractivity (Wildman–Crippen MR) is 69.4 cm³/mol. The van der Waals surface area contributed by atoms with Gasteiger partial charge in [-0.1, -0.05) is 41.9 Å². The van der Waals surface area contributed by atoms with E-state index in [0.29, 0.717) is 5.82 Å². The Morgan fingerprint density at radius 1 is 1.32 bits per heavy atom. The largest absolute Gasteiger partial charge is 0.382 e. The number of aromatic nitrogens is 2. The van der Waals surface area contributed by atoms with Gasteiger partial charge in [0.25, 0.3) is 5.89 Å². The molecule has 1 aliphatic rings. The highest BCUT2D eigenvalue weighted by Crippen LogP contribution is 2.47. The van der Waals surface area contributed by atoms with Crippen molar-refractivity contribution in [3.63, 3.8) is 0 Å². The zero-order chi connectivity index (χ0) is 13.3. The van der Waals surface area contributed by atoms with E-state index in [4.69, 9.17) is 10.3 Å². The summed E-state index contributed by atoms with van der Waals surface area (Å²) in [5.41, 5.74) is 6.45. The average molecular weight is 259 g/mol. The number of benzene rings is 1. The second-order valence-corrected chi connectivity index (χ2v) is 5.01. The third-order valence-corrected chi connectivity index (χ3v) is 3.91. The van der Waals surface area contributed by atoms with Gasteiger partial charge in [0, 0.05) is 6.54 Å². The summed E-state index contributed by atoms with van der Waals surface area (Å²) in [4.78, 5) is 4.34. The molecule has 2 aromatic rings. The summed E-state index contributed by atoms with van der Waals surface area (Å²) in [6.07, 6.45) is 2.29. The van der Waals surface area contributed by atoms with Crippen molar-refractivity contribution in [2.45, 2.75) is 30.8 Å². The highest BCUT2D eigenvalue weighted by atomic mass is 16.5. The molecule has 0 aliphatic heterocycles. The van der Waals surface area contributed by atoms with Crippen LogP contribution in [0.3, 0.4) is 0 Å². The Hall–Kier alpha value is -1.72. The highest BCUT2D eigenvalue weighted by molar-refractivity contribution is 5.35. The number of nitrogens with two attached hydrogens (primary N) is 1. The molecule has 5 nitrogen and oxygen atoms in total.